The van der Waals surface area contributed by atoms with Crippen LogP contribution < -0.4 is 5.56 Å². The van der Waals surface area contributed by atoms with E-state index in [1.807, 2.05) is 6.07 Å². The molecule has 0 radical (unpaired) electrons. The van der Waals surface area contributed by atoms with Crippen molar-refractivity contribution in [2.24, 2.45) is 0 Å². The summed E-state index contributed by atoms with van der Waals surface area (Å²) in [4.78, 5) is 31.3. The number of likely N-dealkylation sites (tertiary alicyclic amines) is 1. The van der Waals surface area contributed by atoms with Crippen molar-refractivity contribution in [2.75, 3.05) is 13.1 Å². The van der Waals surface area contributed by atoms with Crippen molar-refractivity contribution in [3.63, 3.8) is 0 Å². The van der Waals surface area contributed by atoms with Gasteiger partial charge in [-0.3, -0.25) is 14.2 Å². The van der Waals surface area contributed by atoms with Crippen LogP contribution in [0.25, 0.3) is 17.0 Å². The van der Waals surface area contributed by atoms with Gasteiger partial charge in [0.15, 0.2) is 0 Å². The molecule has 2 heterocycles. The normalized spacial score (nSPS) is 17.2. The lowest BCUT2D eigenvalue weighted by Gasteiger charge is -2.33. The molecule has 3 aromatic rings. The minimum atomic E-state index is -0.597. The molecule has 1 fully saturated rings. The van der Waals surface area contributed by atoms with Crippen molar-refractivity contribution in [1.82, 2.24) is 14.5 Å². The summed E-state index contributed by atoms with van der Waals surface area (Å²) in [5.41, 5.74) is 0.520. The minimum Gasteiger partial charge on any atom is -0.337 e. The Morgan fingerprint density at radius 1 is 1.17 bits per heavy atom. The fourth-order valence-electron chi connectivity index (χ4n) is 3.63. The van der Waals surface area contributed by atoms with Gasteiger partial charge in [0, 0.05) is 24.7 Å². The Labute approximate surface area is 165 Å². The molecule has 2 aromatic carbocycles. The van der Waals surface area contributed by atoms with Crippen molar-refractivity contribution in [3.05, 3.63) is 82.4 Å². The molecule has 1 saturated heterocycles. The lowest BCUT2D eigenvalue weighted by atomic mass is 10.0. The smallest absolute Gasteiger partial charge is 0.261 e. The van der Waals surface area contributed by atoms with Crippen LogP contribution in [0.15, 0.2) is 59.7 Å². The molecule has 0 spiro atoms. The zero-order chi connectivity index (χ0) is 20.4. The number of carbonyl (C=O) groups excluding carboxylic acids is 1. The largest absolute Gasteiger partial charge is 0.337 e. The number of hydrogen-bond acceptors (Lipinski definition) is 3. The van der Waals surface area contributed by atoms with Crippen LogP contribution in [0.3, 0.4) is 0 Å². The molecular weight excluding hydrogens is 376 g/mol. The van der Waals surface area contributed by atoms with E-state index in [1.54, 1.807) is 27.7 Å². The minimum absolute atomic E-state index is 0.0156. The number of amides is 1. The van der Waals surface area contributed by atoms with Gasteiger partial charge in [0.25, 0.3) is 5.56 Å². The summed E-state index contributed by atoms with van der Waals surface area (Å²) in [5, 5.41) is 0.542. The molecule has 1 aliphatic rings. The molecule has 0 bridgehead atoms. The van der Waals surface area contributed by atoms with Crippen molar-refractivity contribution in [2.45, 2.75) is 18.9 Å². The molecule has 4 rings (SSSR count). The van der Waals surface area contributed by atoms with Crippen LogP contribution in [0.5, 0.6) is 0 Å². The lowest BCUT2D eigenvalue weighted by Crippen LogP contribution is -2.42. The number of rotatable bonds is 3. The number of hydrogen-bond donors (Lipinski definition) is 0. The molecule has 148 valence electrons. The first kappa shape index (κ1) is 19.0. The molecule has 1 aromatic heterocycles. The molecule has 7 heteroatoms. The second-order valence-electron chi connectivity index (χ2n) is 7.05. The van der Waals surface area contributed by atoms with Crippen LogP contribution >= 0.6 is 0 Å². The highest BCUT2D eigenvalue weighted by molar-refractivity contribution is 5.91. The van der Waals surface area contributed by atoms with E-state index in [0.717, 1.165) is 31.0 Å². The number of benzene rings is 2. The summed E-state index contributed by atoms with van der Waals surface area (Å²) in [5.74, 6) is -1.47. The second kappa shape index (κ2) is 7.95. The maximum atomic E-state index is 13.7. The van der Waals surface area contributed by atoms with Gasteiger partial charge in [0.05, 0.1) is 23.3 Å². The molecule has 1 atom stereocenters. The first-order valence-electron chi connectivity index (χ1n) is 9.41. The van der Waals surface area contributed by atoms with E-state index >= 15 is 0 Å². The fourth-order valence-corrected chi connectivity index (χ4v) is 3.63. The predicted molar refractivity (Wildman–Crippen MR) is 106 cm³/mol. The third-order valence-corrected chi connectivity index (χ3v) is 5.16. The number of para-hydroxylation sites is 1. The number of halogens is 2. The van der Waals surface area contributed by atoms with Gasteiger partial charge in [-0.1, -0.05) is 12.1 Å². The number of nitrogens with zero attached hydrogens (tertiary/aromatic N) is 3. The predicted octanol–water partition coefficient (Wildman–Crippen LogP) is 3.55. The van der Waals surface area contributed by atoms with Gasteiger partial charge in [0.2, 0.25) is 5.91 Å². The zero-order valence-corrected chi connectivity index (χ0v) is 15.6. The van der Waals surface area contributed by atoms with Gasteiger partial charge in [0.1, 0.15) is 11.6 Å². The number of carbonyl (C=O) groups is 1. The van der Waals surface area contributed by atoms with E-state index in [2.05, 4.69) is 4.98 Å². The van der Waals surface area contributed by atoms with E-state index in [9.17, 15) is 18.4 Å². The van der Waals surface area contributed by atoms with Gasteiger partial charge in [-0.2, -0.15) is 0 Å². The topological polar surface area (TPSA) is 55.2 Å². The van der Waals surface area contributed by atoms with Gasteiger partial charge in [-0.25, -0.2) is 13.8 Å². The van der Waals surface area contributed by atoms with Crippen LogP contribution in [0.1, 0.15) is 24.4 Å². The van der Waals surface area contributed by atoms with Crippen molar-refractivity contribution in [1.29, 1.82) is 0 Å². The average molecular weight is 395 g/mol. The first-order chi connectivity index (χ1) is 14.0. The summed E-state index contributed by atoms with van der Waals surface area (Å²) in [6.45, 7) is 0.899. The second-order valence-corrected chi connectivity index (χ2v) is 7.05. The Balaban J connectivity index is 1.53. The third kappa shape index (κ3) is 3.94. The Morgan fingerprint density at radius 3 is 2.86 bits per heavy atom. The maximum absolute atomic E-state index is 13.7. The SMILES string of the molecule is O=C(/C=C/c1cc(F)ccc1F)N1CCCC(n2cnc3ccccc3c2=O)C1. The summed E-state index contributed by atoms with van der Waals surface area (Å²) in [6, 6.07) is 10.1. The van der Waals surface area contributed by atoms with Gasteiger partial charge < -0.3 is 4.90 Å². The van der Waals surface area contributed by atoms with E-state index in [1.165, 1.54) is 18.5 Å². The summed E-state index contributed by atoms with van der Waals surface area (Å²) in [7, 11) is 0. The molecule has 1 aliphatic heterocycles. The first-order valence-corrected chi connectivity index (χ1v) is 9.41. The van der Waals surface area contributed by atoms with Crippen molar-refractivity contribution in [3.8, 4) is 0 Å². The summed E-state index contributed by atoms with van der Waals surface area (Å²) >= 11 is 0. The highest BCUT2D eigenvalue weighted by Gasteiger charge is 2.25. The van der Waals surface area contributed by atoms with Crippen LogP contribution in [0.4, 0.5) is 8.78 Å². The highest BCUT2D eigenvalue weighted by Crippen LogP contribution is 2.21. The van der Waals surface area contributed by atoms with Gasteiger partial charge in [-0.15, -0.1) is 0 Å². The molecule has 0 saturated carbocycles. The maximum Gasteiger partial charge on any atom is 0.261 e. The van der Waals surface area contributed by atoms with Gasteiger partial charge >= 0.3 is 0 Å². The standard InChI is InChI=1S/C22H19F2N3O2/c23-16-8-9-19(24)15(12-16)7-10-21(28)26-11-3-4-17(13-26)27-14-25-20-6-2-1-5-18(20)22(27)29/h1-2,5-10,12,14,17H,3-4,11,13H2/b10-7+. The molecule has 29 heavy (non-hydrogen) atoms. The number of fused-ring (bicyclic) bond motifs is 1. The van der Waals surface area contributed by atoms with Gasteiger partial charge in [-0.05, 0) is 49.2 Å². The monoisotopic (exact) mass is 395 g/mol. The van der Waals surface area contributed by atoms with Crippen LogP contribution in [-0.4, -0.2) is 33.4 Å². The molecular formula is C22H19F2N3O2. The highest BCUT2D eigenvalue weighted by atomic mass is 19.1. The molecule has 0 N–H and O–H groups in total. The van der Waals surface area contributed by atoms with Crippen LogP contribution in [0.2, 0.25) is 0 Å². The average Bonchev–Trinajstić information content (AvgIpc) is 2.74. The Kier molecular flexibility index (Phi) is 5.20. The Morgan fingerprint density at radius 2 is 2.00 bits per heavy atom. The third-order valence-electron chi connectivity index (χ3n) is 5.16. The van der Waals surface area contributed by atoms with E-state index in [0.29, 0.717) is 24.0 Å². The Hall–Kier alpha value is -3.35. The number of piperidine rings is 1. The molecule has 0 aliphatic carbocycles. The van der Waals surface area contributed by atoms with Crippen LogP contribution in [-0.2, 0) is 4.79 Å². The summed E-state index contributed by atoms with van der Waals surface area (Å²) in [6.07, 6.45) is 5.53. The van der Waals surface area contributed by atoms with E-state index in [4.69, 9.17) is 0 Å². The van der Waals surface area contributed by atoms with E-state index in [-0.39, 0.29) is 23.1 Å². The van der Waals surface area contributed by atoms with Crippen molar-refractivity contribution < 1.29 is 13.6 Å². The summed E-state index contributed by atoms with van der Waals surface area (Å²) < 4.78 is 28.6. The van der Waals surface area contributed by atoms with E-state index < -0.39 is 11.6 Å². The fraction of sp³-hybridized carbons (Fsp3) is 0.227. The lowest BCUT2D eigenvalue weighted by molar-refractivity contribution is -0.127. The van der Waals surface area contributed by atoms with Crippen LogP contribution in [0, 0.1) is 11.6 Å². The van der Waals surface area contributed by atoms with Crippen molar-refractivity contribution >= 4 is 22.9 Å². The molecule has 5 nitrogen and oxygen atoms in total. The quantitative estimate of drug-likeness (QED) is 0.638. The zero-order valence-electron chi connectivity index (χ0n) is 15.6. The Bertz CT molecular complexity index is 1160. The number of aromatic nitrogens is 2. The molecule has 1 amide bonds. The molecule has 1 unspecified atom stereocenters.